The van der Waals surface area contributed by atoms with E-state index in [9.17, 15) is 9.18 Å². The van der Waals surface area contributed by atoms with Gasteiger partial charge in [0.1, 0.15) is 17.2 Å². The second-order valence-corrected chi connectivity index (χ2v) is 4.57. The Morgan fingerprint density at radius 1 is 1.38 bits per heavy atom. The zero-order chi connectivity index (χ0) is 15.4. The Balaban J connectivity index is 2.26. The van der Waals surface area contributed by atoms with Crippen molar-refractivity contribution >= 4 is 17.5 Å². The molecule has 0 aliphatic rings. The first kappa shape index (κ1) is 14.8. The first-order valence-electron chi connectivity index (χ1n) is 6.37. The third-order valence-corrected chi connectivity index (χ3v) is 3.04. The normalized spacial score (nSPS) is 11.8. The number of aromatic nitrogens is 1. The maximum atomic E-state index is 12.9. The SMILES string of the molecule is COC(=O)c1cc(N)cnc1NC(C)c1ccc(F)cc1. The molecule has 1 unspecified atom stereocenters. The van der Waals surface area contributed by atoms with E-state index in [1.165, 1.54) is 31.5 Å². The molecule has 0 aliphatic heterocycles. The van der Waals surface area contributed by atoms with E-state index in [4.69, 9.17) is 10.5 Å². The summed E-state index contributed by atoms with van der Waals surface area (Å²) in [6.07, 6.45) is 1.45. The van der Waals surface area contributed by atoms with Crippen molar-refractivity contribution in [3.63, 3.8) is 0 Å². The molecule has 0 amide bonds. The van der Waals surface area contributed by atoms with Crippen molar-refractivity contribution in [3.05, 3.63) is 53.5 Å². The van der Waals surface area contributed by atoms with Gasteiger partial charge < -0.3 is 15.8 Å². The Hall–Kier alpha value is -2.63. The number of nitrogens with zero attached hydrogens (tertiary/aromatic N) is 1. The number of esters is 1. The van der Waals surface area contributed by atoms with Gasteiger partial charge in [0.25, 0.3) is 0 Å². The molecule has 1 aromatic carbocycles. The molecule has 0 spiro atoms. The predicted octanol–water partition coefficient (Wildman–Crippen LogP) is 2.76. The molecule has 0 fully saturated rings. The van der Waals surface area contributed by atoms with Crippen LogP contribution in [0.3, 0.4) is 0 Å². The molecule has 0 radical (unpaired) electrons. The fourth-order valence-corrected chi connectivity index (χ4v) is 1.90. The second-order valence-electron chi connectivity index (χ2n) is 4.57. The highest BCUT2D eigenvalue weighted by molar-refractivity contribution is 5.95. The van der Waals surface area contributed by atoms with E-state index >= 15 is 0 Å². The van der Waals surface area contributed by atoms with E-state index in [1.807, 2.05) is 6.92 Å². The van der Waals surface area contributed by atoms with E-state index in [0.29, 0.717) is 11.5 Å². The number of nitrogens with one attached hydrogen (secondary N) is 1. The summed E-state index contributed by atoms with van der Waals surface area (Å²) in [6, 6.07) is 7.43. The van der Waals surface area contributed by atoms with Crippen LogP contribution < -0.4 is 11.1 Å². The van der Waals surface area contributed by atoms with Crippen molar-refractivity contribution < 1.29 is 13.9 Å². The number of nitrogen functional groups attached to an aromatic ring is 1. The zero-order valence-corrected chi connectivity index (χ0v) is 11.8. The lowest BCUT2D eigenvalue weighted by Gasteiger charge is -2.17. The molecule has 0 aliphatic carbocycles. The highest BCUT2D eigenvalue weighted by Gasteiger charge is 2.16. The van der Waals surface area contributed by atoms with Crippen LogP contribution in [0.25, 0.3) is 0 Å². The molecular weight excluding hydrogens is 273 g/mol. The number of nitrogens with two attached hydrogens (primary N) is 1. The molecule has 21 heavy (non-hydrogen) atoms. The van der Waals surface area contributed by atoms with Crippen LogP contribution >= 0.6 is 0 Å². The first-order valence-corrected chi connectivity index (χ1v) is 6.37. The number of pyridine rings is 1. The minimum atomic E-state index is -0.524. The van der Waals surface area contributed by atoms with Gasteiger partial charge in [-0.3, -0.25) is 0 Å². The number of rotatable bonds is 4. The molecule has 0 saturated carbocycles. The summed E-state index contributed by atoms with van der Waals surface area (Å²) in [5.41, 5.74) is 7.13. The molecule has 2 aromatic rings. The number of carbonyl (C=O) groups excluding carboxylic acids is 1. The molecule has 1 heterocycles. The number of halogens is 1. The number of ether oxygens (including phenoxy) is 1. The Morgan fingerprint density at radius 2 is 2.05 bits per heavy atom. The van der Waals surface area contributed by atoms with Crippen LogP contribution in [0, 0.1) is 5.82 Å². The van der Waals surface area contributed by atoms with E-state index in [-0.39, 0.29) is 17.4 Å². The first-order chi connectivity index (χ1) is 10.0. The number of carbonyl (C=O) groups is 1. The Labute approximate surface area is 121 Å². The van der Waals surface area contributed by atoms with Crippen LogP contribution in [0.4, 0.5) is 15.9 Å². The standard InChI is InChI=1S/C15H16FN3O2/c1-9(10-3-5-11(16)6-4-10)19-14-13(15(20)21-2)7-12(17)8-18-14/h3-9H,17H2,1-2H3,(H,18,19). The minimum absolute atomic E-state index is 0.162. The quantitative estimate of drug-likeness (QED) is 0.846. The molecule has 1 aromatic heterocycles. The van der Waals surface area contributed by atoms with Gasteiger partial charge in [0.2, 0.25) is 0 Å². The zero-order valence-electron chi connectivity index (χ0n) is 11.8. The van der Waals surface area contributed by atoms with Gasteiger partial charge in [-0.25, -0.2) is 14.2 Å². The summed E-state index contributed by atoms with van der Waals surface area (Å²) in [4.78, 5) is 15.9. The average molecular weight is 289 g/mol. The van der Waals surface area contributed by atoms with Gasteiger partial charge in [-0.1, -0.05) is 12.1 Å². The van der Waals surface area contributed by atoms with Gasteiger partial charge in [0.05, 0.1) is 19.0 Å². The number of methoxy groups -OCH3 is 1. The van der Waals surface area contributed by atoms with Gasteiger partial charge in [0.15, 0.2) is 0 Å². The number of hydrogen-bond donors (Lipinski definition) is 2. The van der Waals surface area contributed by atoms with Gasteiger partial charge in [0, 0.05) is 6.04 Å². The summed E-state index contributed by atoms with van der Waals surface area (Å²) in [5.74, 6) is -0.455. The number of benzene rings is 1. The maximum absolute atomic E-state index is 12.9. The third-order valence-electron chi connectivity index (χ3n) is 3.04. The van der Waals surface area contributed by atoms with Crippen LogP contribution in [-0.2, 0) is 4.74 Å². The molecule has 0 saturated heterocycles. The average Bonchev–Trinajstić information content (AvgIpc) is 2.48. The topological polar surface area (TPSA) is 77.2 Å². The van der Waals surface area contributed by atoms with Gasteiger partial charge in [-0.15, -0.1) is 0 Å². The Bertz CT molecular complexity index is 644. The van der Waals surface area contributed by atoms with Gasteiger partial charge >= 0.3 is 5.97 Å². The van der Waals surface area contributed by atoms with Crippen molar-refractivity contribution in [2.45, 2.75) is 13.0 Å². The molecule has 6 heteroatoms. The molecule has 1 atom stereocenters. The van der Waals surface area contributed by atoms with E-state index in [1.54, 1.807) is 12.1 Å². The lowest BCUT2D eigenvalue weighted by molar-refractivity contribution is 0.0601. The van der Waals surface area contributed by atoms with Crippen molar-refractivity contribution in [1.29, 1.82) is 0 Å². The fraction of sp³-hybridized carbons (Fsp3) is 0.200. The van der Waals surface area contributed by atoms with Crippen LogP contribution in [-0.4, -0.2) is 18.1 Å². The van der Waals surface area contributed by atoms with Gasteiger partial charge in [-0.05, 0) is 30.7 Å². The molecule has 0 bridgehead atoms. The Morgan fingerprint density at radius 3 is 2.67 bits per heavy atom. The maximum Gasteiger partial charge on any atom is 0.341 e. The third kappa shape index (κ3) is 3.47. The smallest absolute Gasteiger partial charge is 0.341 e. The van der Waals surface area contributed by atoms with Gasteiger partial charge in [-0.2, -0.15) is 0 Å². The molecule has 3 N–H and O–H groups in total. The van der Waals surface area contributed by atoms with Crippen molar-refractivity contribution in [2.75, 3.05) is 18.2 Å². The second kappa shape index (κ2) is 6.21. The Kier molecular flexibility index (Phi) is 4.37. The van der Waals surface area contributed by atoms with Crippen LogP contribution in [0.15, 0.2) is 36.5 Å². The number of anilines is 2. The molecule has 2 rings (SSSR count). The summed E-state index contributed by atoms with van der Waals surface area (Å²) in [5, 5.41) is 3.10. The summed E-state index contributed by atoms with van der Waals surface area (Å²) >= 11 is 0. The molecule has 5 nitrogen and oxygen atoms in total. The predicted molar refractivity (Wildman–Crippen MR) is 78.4 cm³/mol. The fourth-order valence-electron chi connectivity index (χ4n) is 1.90. The van der Waals surface area contributed by atoms with Crippen molar-refractivity contribution in [2.24, 2.45) is 0 Å². The minimum Gasteiger partial charge on any atom is -0.465 e. The number of hydrogen-bond acceptors (Lipinski definition) is 5. The van der Waals surface area contributed by atoms with Crippen LogP contribution in [0.1, 0.15) is 28.9 Å². The van der Waals surface area contributed by atoms with Crippen molar-refractivity contribution in [1.82, 2.24) is 4.98 Å². The summed E-state index contributed by atoms with van der Waals surface area (Å²) in [7, 11) is 1.29. The van der Waals surface area contributed by atoms with E-state index in [2.05, 4.69) is 10.3 Å². The molecular formula is C15H16FN3O2. The summed E-state index contributed by atoms with van der Waals surface area (Å²) < 4.78 is 17.6. The monoisotopic (exact) mass is 289 g/mol. The molecule has 110 valence electrons. The summed E-state index contributed by atoms with van der Waals surface area (Å²) in [6.45, 7) is 1.88. The largest absolute Gasteiger partial charge is 0.465 e. The van der Waals surface area contributed by atoms with Crippen molar-refractivity contribution in [3.8, 4) is 0 Å². The van der Waals surface area contributed by atoms with Crippen LogP contribution in [0.2, 0.25) is 0 Å². The van der Waals surface area contributed by atoms with E-state index in [0.717, 1.165) is 5.56 Å². The lowest BCUT2D eigenvalue weighted by Crippen LogP contribution is -2.13. The highest BCUT2D eigenvalue weighted by atomic mass is 19.1. The van der Waals surface area contributed by atoms with Crippen LogP contribution in [0.5, 0.6) is 0 Å². The highest BCUT2D eigenvalue weighted by Crippen LogP contribution is 2.22. The lowest BCUT2D eigenvalue weighted by atomic mass is 10.1. The van der Waals surface area contributed by atoms with E-state index < -0.39 is 5.97 Å².